The molecule has 2 aliphatic rings. The van der Waals surface area contributed by atoms with Gasteiger partial charge in [0.05, 0.1) is 5.57 Å². The Hall–Kier alpha value is -3.33. The summed E-state index contributed by atoms with van der Waals surface area (Å²) in [6, 6.07) is 4.26. The second-order valence-corrected chi connectivity index (χ2v) is 4.88. The molecule has 4 amide bonds. The van der Waals surface area contributed by atoms with Crippen molar-refractivity contribution in [3.8, 4) is 0 Å². The van der Waals surface area contributed by atoms with Crippen molar-refractivity contribution >= 4 is 35.2 Å². The number of fused-ring (bicyclic) bond motifs is 1. The monoisotopic (exact) mass is 316 g/mol. The SMILES string of the molecule is O=C1NC(=O)C(O)(C2=C(O)c3ccccc3C(=O)C2=O)C(=O)N1. The maximum absolute atomic E-state index is 12.2. The summed E-state index contributed by atoms with van der Waals surface area (Å²) in [5.74, 6) is -6.46. The number of carbonyl (C=O) groups excluding carboxylic acids is 5. The number of carbonyl (C=O) groups is 5. The minimum atomic E-state index is -3.20. The average Bonchev–Trinajstić information content (AvgIpc) is 2.51. The van der Waals surface area contributed by atoms with Crippen molar-refractivity contribution in [3.05, 3.63) is 41.0 Å². The number of rotatable bonds is 1. The van der Waals surface area contributed by atoms with Crippen LogP contribution in [0.5, 0.6) is 0 Å². The summed E-state index contributed by atoms with van der Waals surface area (Å²) in [4.78, 5) is 59.2. The minimum Gasteiger partial charge on any atom is -0.507 e. The van der Waals surface area contributed by atoms with E-state index in [-0.39, 0.29) is 11.1 Å². The van der Waals surface area contributed by atoms with Gasteiger partial charge in [0.25, 0.3) is 17.4 Å². The van der Waals surface area contributed by atoms with Gasteiger partial charge < -0.3 is 10.2 Å². The van der Waals surface area contributed by atoms with Crippen LogP contribution in [-0.2, 0) is 14.4 Å². The van der Waals surface area contributed by atoms with Gasteiger partial charge in [-0.15, -0.1) is 0 Å². The highest BCUT2D eigenvalue weighted by molar-refractivity contribution is 6.54. The molecule has 0 unspecified atom stereocenters. The molecule has 0 radical (unpaired) electrons. The number of aliphatic hydroxyl groups excluding tert-OH is 1. The van der Waals surface area contributed by atoms with Gasteiger partial charge in [-0.25, -0.2) is 4.79 Å². The second kappa shape index (κ2) is 4.58. The Morgan fingerprint density at radius 2 is 1.35 bits per heavy atom. The van der Waals surface area contributed by atoms with Crippen molar-refractivity contribution in [1.29, 1.82) is 0 Å². The highest BCUT2D eigenvalue weighted by Gasteiger charge is 2.58. The molecule has 23 heavy (non-hydrogen) atoms. The predicted octanol–water partition coefficient (Wildman–Crippen LogP) is -1.18. The van der Waals surface area contributed by atoms with Crippen molar-refractivity contribution in [3.63, 3.8) is 0 Å². The summed E-state index contributed by atoms with van der Waals surface area (Å²) < 4.78 is 0. The number of hydrogen-bond acceptors (Lipinski definition) is 7. The number of amides is 4. The molecule has 1 saturated heterocycles. The lowest BCUT2D eigenvalue weighted by Gasteiger charge is -2.32. The summed E-state index contributed by atoms with van der Waals surface area (Å²) >= 11 is 0. The molecular formula is C14H8N2O7. The van der Waals surface area contributed by atoms with Crippen LogP contribution in [-0.4, -0.2) is 45.2 Å². The first-order chi connectivity index (χ1) is 10.8. The lowest BCUT2D eigenvalue weighted by Crippen LogP contribution is -2.68. The molecule has 1 aromatic rings. The Balaban J connectivity index is 2.28. The normalized spacial score (nSPS) is 20.1. The second-order valence-electron chi connectivity index (χ2n) is 4.88. The average molecular weight is 316 g/mol. The first-order valence-electron chi connectivity index (χ1n) is 6.30. The molecule has 0 saturated carbocycles. The molecule has 0 aromatic heterocycles. The van der Waals surface area contributed by atoms with Crippen LogP contribution in [0, 0.1) is 0 Å². The number of aliphatic hydroxyl groups is 2. The number of nitrogens with one attached hydrogen (secondary N) is 2. The van der Waals surface area contributed by atoms with Crippen molar-refractivity contribution in [1.82, 2.24) is 10.6 Å². The molecule has 1 fully saturated rings. The number of urea groups is 1. The number of benzene rings is 1. The zero-order chi connectivity index (χ0) is 16.9. The van der Waals surface area contributed by atoms with Gasteiger partial charge in [0.2, 0.25) is 11.6 Å². The molecular weight excluding hydrogens is 308 g/mol. The zero-order valence-corrected chi connectivity index (χ0v) is 11.2. The number of imide groups is 2. The largest absolute Gasteiger partial charge is 0.507 e. The number of ketones is 2. The molecule has 116 valence electrons. The van der Waals surface area contributed by atoms with Gasteiger partial charge in [-0.2, -0.15) is 0 Å². The Bertz CT molecular complexity index is 832. The summed E-state index contributed by atoms with van der Waals surface area (Å²) in [6.45, 7) is 0. The summed E-state index contributed by atoms with van der Waals surface area (Å²) in [6.07, 6.45) is 0. The van der Waals surface area contributed by atoms with Gasteiger partial charge in [-0.1, -0.05) is 24.3 Å². The molecule has 1 aliphatic carbocycles. The fourth-order valence-electron chi connectivity index (χ4n) is 2.45. The molecule has 1 aromatic carbocycles. The van der Waals surface area contributed by atoms with Gasteiger partial charge in [-0.05, 0) is 0 Å². The molecule has 0 atom stereocenters. The Morgan fingerprint density at radius 3 is 1.91 bits per heavy atom. The highest BCUT2D eigenvalue weighted by atomic mass is 16.3. The third kappa shape index (κ3) is 1.80. The molecule has 9 nitrogen and oxygen atoms in total. The maximum atomic E-state index is 12.2. The molecule has 9 heteroatoms. The lowest BCUT2D eigenvalue weighted by molar-refractivity contribution is -0.151. The van der Waals surface area contributed by atoms with Crippen molar-refractivity contribution in [2.45, 2.75) is 5.60 Å². The Kier molecular flexibility index (Phi) is 2.91. The fourth-order valence-corrected chi connectivity index (χ4v) is 2.45. The van der Waals surface area contributed by atoms with Gasteiger partial charge in [-0.3, -0.25) is 29.8 Å². The van der Waals surface area contributed by atoms with E-state index in [4.69, 9.17) is 0 Å². The molecule has 0 bridgehead atoms. The van der Waals surface area contributed by atoms with E-state index in [0.717, 1.165) is 0 Å². The summed E-state index contributed by atoms with van der Waals surface area (Å²) in [5, 5.41) is 23.8. The summed E-state index contributed by atoms with van der Waals surface area (Å²) in [7, 11) is 0. The van der Waals surface area contributed by atoms with E-state index in [9.17, 15) is 34.2 Å². The van der Waals surface area contributed by atoms with Crippen LogP contribution in [0.4, 0.5) is 4.79 Å². The van der Waals surface area contributed by atoms with Gasteiger partial charge in [0.1, 0.15) is 5.76 Å². The van der Waals surface area contributed by atoms with E-state index in [1.807, 2.05) is 0 Å². The van der Waals surface area contributed by atoms with Crippen molar-refractivity contribution in [2.24, 2.45) is 0 Å². The van der Waals surface area contributed by atoms with Crippen LogP contribution in [0.25, 0.3) is 5.76 Å². The van der Waals surface area contributed by atoms with Crippen molar-refractivity contribution < 1.29 is 34.2 Å². The fraction of sp³-hybridized carbons (Fsp3) is 0.0714. The smallest absolute Gasteiger partial charge is 0.328 e. The van der Waals surface area contributed by atoms with E-state index < -0.39 is 46.3 Å². The molecule has 4 N–H and O–H groups in total. The molecule has 3 rings (SSSR count). The van der Waals surface area contributed by atoms with E-state index in [1.165, 1.54) is 24.3 Å². The number of barbiturate groups is 1. The third-order valence-corrected chi connectivity index (χ3v) is 3.57. The molecule has 0 spiro atoms. The zero-order valence-electron chi connectivity index (χ0n) is 11.2. The number of Topliss-reactive ketones (excluding diaryl/α,β-unsaturated/α-hetero) is 2. The first kappa shape index (κ1) is 14.6. The van der Waals surface area contributed by atoms with Crippen LogP contribution >= 0.6 is 0 Å². The number of hydrogen-bond donors (Lipinski definition) is 4. The molecule has 1 heterocycles. The lowest BCUT2D eigenvalue weighted by atomic mass is 9.78. The van der Waals surface area contributed by atoms with E-state index >= 15 is 0 Å². The first-order valence-corrected chi connectivity index (χ1v) is 6.30. The maximum Gasteiger partial charge on any atom is 0.328 e. The van der Waals surface area contributed by atoms with Crippen molar-refractivity contribution in [2.75, 3.05) is 0 Å². The summed E-state index contributed by atoms with van der Waals surface area (Å²) in [5.41, 5.74) is -4.53. The third-order valence-electron chi connectivity index (χ3n) is 3.57. The van der Waals surface area contributed by atoms with Crippen LogP contribution in [0.15, 0.2) is 29.8 Å². The van der Waals surface area contributed by atoms with Crippen LogP contribution < -0.4 is 10.6 Å². The van der Waals surface area contributed by atoms with E-state index in [0.29, 0.717) is 0 Å². The Morgan fingerprint density at radius 1 is 0.826 bits per heavy atom. The quantitative estimate of drug-likeness (QED) is 0.376. The van der Waals surface area contributed by atoms with Gasteiger partial charge in [0, 0.05) is 11.1 Å². The van der Waals surface area contributed by atoms with Crippen LogP contribution in [0.1, 0.15) is 15.9 Å². The standard InChI is InChI=1S/C14H8N2O7/c17-8-5-3-1-2-4-6(5)9(18)10(19)7(8)14(23)11(20)15-13(22)16-12(14)21/h1-4,17,23H,(H2,15,16,20,21,22). The van der Waals surface area contributed by atoms with Gasteiger partial charge in [0.15, 0.2) is 0 Å². The van der Waals surface area contributed by atoms with E-state index in [2.05, 4.69) is 0 Å². The van der Waals surface area contributed by atoms with Crippen LogP contribution in [0.2, 0.25) is 0 Å². The topological polar surface area (TPSA) is 150 Å². The minimum absolute atomic E-state index is 0.113. The highest BCUT2D eigenvalue weighted by Crippen LogP contribution is 2.34. The van der Waals surface area contributed by atoms with E-state index in [1.54, 1.807) is 10.6 Å². The predicted molar refractivity (Wildman–Crippen MR) is 72.0 cm³/mol. The molecule has 1 aliphatic heterocycles. The van der Waals surface area contributed by atoms with Crippen LogP contribution in [0.3, 0.4) is 0 Å². The van der Waals surface area contributed by atoms with Gasteiger partial charge >= 0.3 is 6.03 Å². The Labute approximate surface area is 127 Å².